The third kappa shape index (κ3) is 5.93. The summed E-state index contributed by atoms with van der Waals surface area (Å²) in [7, 11) is 1.90. The van der Waals surface area contributed by atoms with Gasteiger partial charge in [0.25, 0.3) is 5.91 Å². The zero-order valence-corrected chi connectivity index (χ0v) is 23.4. The highest BCUT2D eigenvalue weighted by Gasteiger charge is 2.21. The first kappa shape index (κ1) is 27.4. The summed E-state index contributed by atoms with van der Waals surface area (Å²) in [6.07, 6.45) is 6.97. The van der Waals surface area contributed by atoms with Gasteiger partial charge in [-0.1, -0.05) is 13.8 Å². The van der Waals surface area contributed by atoms with E-state index in [0.29, 0.717) is 35.8 Å². The number of anilines is 2. The van der Waals surface area contributed by atoms with Crippen LogP contribution >= 0.6 is 11.3 Å². The number of hydrogen-bond donors (Lipinski definition) is 2. The van der Waals surface area contributed by atoms with Gasteiger partial charge >= 0.3 is 0 Å². The number of carbonyl (C=O) groups excluding carboxylic acids is 2. The molecule has 4 aromatic rings. The first-order valence-corrected chi connectivity index (χ1v) is 13.5. The molecule has 0 saturated carbocycles. The molecule has 0 aromatic carbocycles. The molecule has 0 bridgehead atoms. The Morgan fingerprint density at radius 2 is 1.95 bits per heavy atom. The Hall–Kier alpha value is -3.61. The van der Waals surface area contributed by atoms with E-state index in [0.717, 1.165) is 27.5 Å². The smallest absolute Gasteiger partial charge is 0.260 e. The van der Waals surface area contributed by atoms with Crippen molar-refractivity contribution in [3.63, 3.8) is 0 Å². The highest BCUT2D eigenvalue weighted by molar-refractivity contribution is 7.21. The molecule has 202 valence electrons. The molecule has 5 rings (SSSR count). The normalized spacial score (nSPS) is 15.7. The van der Waals surface area contributed by atoms with Crippen molar-refractivity contribution in [2.75, 3.05) is 36.9 Å². The SMILES string of the molecule is CC.Cc1ncc(NC(=O)CN2CCOC(C)C2)cc1NC(=O)c1cnn2cc(-c3cnn(C)c3C)sc12. The molecule has 1 aliphatic rings. The van der Waals surface area contributed by atoms with Gasteiger partial charge in [-0.15, -0.1) is 11.3 Å². The number of nitrogens with one attached hydrogen (secondary N) is 2. The topological polar surface area (TPSA) is 119 Å². The van der Waals surface area contributed by atoms with E-state index in [1.165, 1.54) is 11.3 Å². The fourth-order valence-electron chi connectivity index (χ4n) is 4.16. The molecule has 0 aliphatic carbocycles. The van der Waals surface area contributed by atoms with Crippen molar-refractivity contribution in [1.29, 1.82) is 0 Å². The standard InChI is InChI=1S/C24H28N8O3S.C2H6/c1-14-11-31(5-6-35-14)13-22(33)28-17-7-20(15(2)25-8-17)29-23(34)19-10-27-32-12-21(36-24(19)32)18-9-26-30(4)16(18)3;1-2/h7-10,12,14H,5-6,11,13H2,1-4H3,(H,28,33)(H,29,34);1-2H3. The number of rotatable bonds is 6. The first-order valence-electron chi connectivity index (χ1n) is 12.7. The molecule has 2 N–H and O–H groups in total. The monoisotopic (exact) mass is 538 g/mol. The molecule has 11 nitrogen and oxygen atoms in total. The first-order chi connectivity index (χ1) is 18.3. The average molecular weight is 539 g/mol. The number of hydrogen-bond acceptors (Lipinski definition) is 8. The predicted octanol–water partition coefficient (Wildman–Crippen LogP) is 3.75. The number of fused-ring (bicyclic) bond motifs is 1. The number of aromatic nitrogens is 5. The highest BCUT2D eigenvalue weighted by Crippen LogP contribution is 2.32. The Kier molecular flexibility index (Phi) is 8.55. The van der Waals surface area contributed by atoms with Crippen LogP contribution in [0.25, 0.3) is 15.3 Å². The maximum Gasteiger partial charge on any atom is 0.260 e. The summed E-state index contributed by atoms with van der Waals surface area (Å²) in [6.45, 7) is 12.1. The van der Waals surface area contributed by atoms with Gasteiger partial charge in [0.2, 0.25) is 5.91 Å². The molecule has 1 saturated heterocycles. The second kappa shape index (κ2) is 11.8. The molecule has 2 amide bonds. The summed E-state index contributed by atoms with van der Waals surface area (Å²) in [4.78, 5) is 33.9. The summed E-state index contributed by atoms with van der Waals surface area (Å²) in [5.41, 5.74) is 4.20. The molecule has 1 atom stereocenters. The van der Waals surface area contributed by atoms with Crippen LogP contribution in [0.3, 0.4) is 0 Å². The fraction of sp³-hybridized carbons (Fsp3) is 0.423. The number of morpholine rings is 1. The van der Waals surface area contributed by atoms with Crippen LogP contribution in [0, 0.1) is 13.8 Å². The van der Waals surface area contributed by atoms with Gasteiger partial charge in [-0.2, -0.15) is 10.2 Å². The average Bonchev–Trinajstić information content (AvgIpc) is 3.57. The summed E-state index contributed by atoms with van der Waals surface area (Å²) in [6, 6.07) is 1.72. The Balaban J connectivity index is 0.00000164. The minimum atomic E-state index is -0.294. The van der Waals surface area contributed by atoms with Gasteiger partial charge in [0.05, 0.1) is 65.4 Å². The minimum Gasteiger partial charge on any atom is -0.376 e. The number of amides is 2. The minimum absolute atomic E-state index is 0.109. The van der Waals surface area contributed by atoms with Gasteiger partial charge in [-0.25, -0.2) is 4.52 Å². The van der Waals surface area contributed by atoms with Crippen molar-refractivity contribution in [1.82, 2.24) is 29.3 Å². The van der Waals surface area contributed by atoms with Gasteiger partial charge in [-0.3, -0.25) is 24.2 Å². The van der Waals surface area contributed by atoms with Crippen molar-refractivity contribution in [3.8, 4) is 10.4 Å². The lowest BCUT2D eigenvalue weighted by Gasteiger charge is -2.30. The second-order valence-corrected chi connectivity index (χ2v) is 9.98. The van der Waals surface area contributed by atoms with Crippen LogP contribution in [0.1, 0.15) is 42.5 Å². The van der Waals surface area contributed by atoms with E-state index in [2.05, 4.69) is 30.7 Å². The molecule has 5 heterocycles. The van der Waals surface area contributed by atoms with Crippen molar-refractivity contribution in [2.45, 2.75) is 40.7 Å². The Morgan fingerprint density at radius 1 is 1.16 bits per heavy atom. The molecular formula is C26H34N8O3S. The van der Waals surface area contributed by atoms with Gasteiger partial charge in [0, 0.05) is 37.6 Å². The molecule has 0 spiro atoms. The third-order valence-corrected chi connectivity index (χ3v) is 7.40. The van der Waals surface area contributed by atoms with Crippen LogP contribution in [-0.4, -0.2) is 73.4 Å². The summed E-state index contributed by atoms with van der Waals surface area (Å²) >= 11 is 1.48. The van der Waals surface area contributed by atoms with E-state index >= 15 is 0 Å². The maximum atomic E-state index is 13.2. The number of carbonyl (C=O) groups is 2. The van der Waals surface area contributed by atoms with E-state index in [1.54, 1.807) is 29.9 Å². The fourth-order valence-corrected chi connectivity index (χ4v) is 5.28. The summed E-state index contributed by atoms with van der Waals surface area (Å²) in [5, 5.41) is 14.5. The molecule has 1 unspecified atom stereocenters. The van der Waals surface area contributed by atoms with E-state index in [9.17, 15) is 9.59 Å². The van der Waals surface area contributed by atoms with Crippen molar-refractivity contribution in [2.24, 2.45) is 7.05 Å². The molecule has 4 aromatic heterocycles. The number of aryl methyl sites for hydroxylation is 2. The van der Waals surface area contributed by atoms with Crippen LogP contribution in [0.5, 0.6) is 0 Å². The molecule has 0 radical (unpaired) electrons. The largest absolute Gasteiger partial charge is 0.376 e. The van der Waals surface area contributed by atoms with E-state index in [1.807, 2.05) is 51.8 Å². The molecule has 38 heavy (non-hydrogen) atoms. The Bertz CT molecular complexity index is 1440. The van der Waals surface area contributed by atoms with Crippen LogP contribution in [-0.2, 0) is 16.6 Å². The number of thiazole rings is 1. The Labute approximate surface area is 225 Å². The Morgan fingerprint density at radius 3 is 2.66 bits per heavy atom. The predicted molar refractivity (Wildman–Crippen MR) is 149 cm³/mol. The van der Waals surface area contributed by atoms with Gasteiger partial charge < -0.3 is 15.4 Å². The van der Waals surface area contributed by atoms with Gasteiger partial charge in [0.1, 0.15) is 4.83 Å². The highest BCUT2D eigenvalue weighted by atomic mass is 32.1. The van der Waals surface area contributed by atoms with Crippen LogP contribution < -0.4 is 10.6 Å². The van der Waals surface area contributed by atoms with Gasteiger partial charge in [0.15, 0.2) is 0 Å². The number of pyridine rings is 1. The lowest BCUT2D eigenvalue weighted by molar-refractivity contribution is -0.119. The van der Waals surface area contributed by atoms with E-state index in [4.69, 9.17) is 4.74 Å². The molecule has 1 aliphatic heterocycles. The second-order valence-electron chi connectivity index (χ2n) is 8.95. The lowest BCUT2D eigenvalue weighted by Crippen LogP contribution is -2.44. The van der Waals surface area contributed by atoms with Crippen molar-refractivity contribution in [3.05, 3.63) is 47.8 Å². The third-order valence-electron chi connectivity index (χ3n) is 6.25. The zero-order chi connectivity index (χ0) is 27.4. The van der Waals surface area contributed by atoms with Gasteiger partial charge in [-0.05, 0) is 26.8 Å². The zero-order valence-electron chi connectivity index (χ0n) is 22.6. The summed E-state index contributed by atoms with van der Waals surface area (Å²) in [5.74, 6) is -0.431. The quantitative estimate of drug-likeness (QED) is 0.384. The van der Waals surface area contributed by atoms with E-state index in [-0.39, 0.29) is 24.5 Å². The molecule has 1 fully saturated rings. The number of nitrogens with zero attached hydrogens (tertiary/aromatic N) is 6. The molecule has 12 heteroatoms. The van der Waals surface area contributed by atoms with Crippen molar-refractivity contribution < 1.29 is 14.3 Å². The van der Waals surface area contributed by atoms with E-state index < -0.39 is 0 Å². The number of ether oxygens (including phenoxy) is 1. The van der Waals surface area contributed by atoms with Crippen LogP contribution in [0.2, 0.25) is 0 Å². The van der Waals surface area contributed by atoms with Crippen LogP contribution in [0.4, 0.5) is 11.4 Å². The van der Waals surface area contributed by atoms with Crippen molar-refractivity contribution >= 4 is 39.4 Å². The van der Waals surface area contributed by atoms with Crippen LogP contribution in [0.15, 0.2) is 30.9 Å². The summed E-state index contributed by atoms with van der Waals surface area (Å²) < 4.78 is 9.05. The lowest BCUT2D eigenvalue weighted by atomic mass is 10.2. The molecular weight excluding hydrogens is 504 g/mol. The maximum absolute atomic E-state index is 13.2.